The van der Waals surface area contributed by atoms with Gasteiger partial charge in [0.25, 0.3) is 0 Å². The van der Waals surface area contributed by atoms with Gasteiger partial charge in [-0.2, -0.15) is 0 Å². The number of hydrogen-bond acceptors (Lipinski definition) is 6. The lowest BCUT2D eigenvalue weighted by atomic mass is 10.1. The van der Waals surface area contributed by atoms with E-state index in [9.17, 15) is 14.4 Å². The van der Waals surface area contributed by atoms with Gasteiger partial charge in [0, 0.05) is 19.3 Å². The minimum atomic E-state index is -0.811. The summed E-state index contributed by atoms with van der Waals surface area (Å²) < 4.78 is 16.8. The van der Waals surface area contributed by atoms with Gasteiger partial charge in [-0.25, -0.2) is 0 Å². The third-order valence-corrected chi connectivity index (χ3v) is 11.4. The number of carbonyl (C=O) groups is 3. The Hall–Kier alpha value is -4.19. The average Bonchev–Trinajstić information content (AvgIpc) is 3.34. The second-order valence-electron chi connectivity index (χ2n) is 18.0. The molecule has 6 nitrogen and oxygen atoms in total. The van der Waals surface area contributed by atoms with E-state index in [1.165, 1.54) is 70.6 Å². The normalized spacial score (nSPS) is 13.0. The molecule has 0 N–H and O–H groups in total. The first kappa shape index (κ1) is 63.8. The van der Waals surface area contributed by atoms with Crippen molar-refractivity contribution in [3.8, 4) is 0 Å². The number of rotatable bonds is 48. The Kier molecular flexibility index (Phi) is 52.0. The summed E-state index contributed by atoms with van der Waals surface area (Å²) in [5.41, 5.74) is 0. The van der Waals surface area contributed by atoms with Gasteiger partial charge in [0.2, 0.25) is 0 Å². The Labute approximate surface area is 418 Å². The molecular weight excluding hydrogens is 841 g/mol. The van der Waals surface area contributed by atoms with Crippen LogP contribution in [-0.2, 0) is 28.6 Å². The van der Waals surface area contributed by atoms with Crippen LogP contribution in [0.4, 0.5) is 0 Å². The fourth-order valence-corrected chi connectivity index (χ4v) is 7.18. The van der Waals surface area contributed by atoms with E-state index in [2.05, 4.69) is 118 Å². The lowest BCUT2D eigenvalue weighted by molar-refractivity contribution is -0.167. The summed E-state index contributed by atoms with van der Waals surface area (Å²) in [7, 11) is 0. The minimum Gasteiger partial charge on any atom is -0.462 e. The summed E-state index contributed by atoms with van der Waals surface area (Å²) in [6, 6.07) is 0. The Morgan fingerprint density at radius 1 is 0.294 bits per heavy atom. The maximum Gasteiger partial charge on any atom is 0.306 e. The van der Waals surface area contributed by atoms with Crippen LogP contribution in [0.2, 0.25) is 0 Å². The number of ether oxygens (including phenoxy) is 3. The third-order valence-electron chi connectivity index (χ3n) is 11.4. The summed E-state index contributed by atoms with van der Waals surface area (Å²) in [4.78, 5) is 38.1. The van der Waals surface area contributed by atoms with Crippen LogP contribution in [0.1, 0.15) is 233 Å². The second kappa shape index (κ2) is 55.4. The molecule has 1 atom stereocenters. The molecule has 68 heavy (non-hydrogen) atoms. The topological polar surface area (TPSA) is 78.9 Å². The summed E-state index contributed by atoms with van der Waals surface area (Å²) in [6.45, 7) is 6.44. The molecule has 1 unspecified atom stereocenters. The number of carbonyl (C=O) groups excluding carboxylic acids is 3. The molecule has 0 heterocycles. The van der Waals surface area contributed by atoms with Gasteiger partial charge in [0.15, 0.2) is 6.10 Å². The van der Waals surface area contributed by atoms with Crippen LogP contribution in [-0.4, -0.2) is 37.2 Å². The maximum atomic E-state index is 12.8. The van der Waals surface area contributed by atoms with Crippen LogP contribution in [0, 0.1) is 0 Å². The van der Waals surface area contributed by atoms with Gasteiger partial charge in [-0.3, -0.25) is 14.4 Å². The largest absolute Gasteiger partial charge is 0.462 e. The molecule has 0 aromatic heterocycles. The van der Waals surface area contributed by atoms with Gasteiger partial charge < -0.3 is 14.2 Å². The molecule has 0 rings (SSSR count). The minimum absolute atomic E-state index is 0.107. The first-order valence-electron chi connectivity index (χ1n) is 27.7. The maximum absolute atomic E-state index is 12.8. The van der Waals surface area contributed by atoms with Gasteiger partial charge in [-0.1, -0.05) is 245 Å². The Morgan fingerprint density at radius 2 is 0.574 bits per heavy atom. The molecule has 0 aliphatic heterocycles. The molecule has 0 spiro atoms. The molecular formula is C62H100O6. The van der Waals surface area contributed by atoms with Crippen molar-refractivity contribution in [2.24, 2.45) is 0 Å². The molecule has 0 radical (unpaired) electrons. The van der Waals surface area contributed by atoms with Crippen LogP contribution < -0.4 is 0 Å². The van der Waals surface area contributed by atoms with E-state index in [1.807, 2.05) is 24.3 Å². The van der Waals surface area contributed by atoms with Crippen molar-refractivity contribution < 1.29 is 28.6 Å². The van der Waals surface area contributed by atoms with Crippen LogP contribution in [0.5, 0.6) is 0 Å². The van der Waals surface area contributed by atoms with E-state index >= 15 is 0 Å². The fraction of sp³-hybridized carbons (Fsp3) is 0.629. The zero-order chi connectivity index (χ0) is 49.3. The van der Waals surface area contributed by atoms with Crippen LogP contribution in [0.15, 0.2) is 122 Å². The van der Waals surface area contributed by atoms with Crippen LogP contribution in [0.25, 0.3) is 0 Å². The van der Waals surface area contributed by atoms with Crippen molar-refractivity contribution in [3.63, 3.8) is 0 Å². The number of unbranched alkanes of at least 4 members (excludes halogenated alkanes) is 24. The number of allylic oxidation sites excluding steroid dienone is 20. The second-order valence-corrected chi connectivity index (χ2v) is 18.0. The Balaban J connectivity index is 4.54. The number of hydrogen-bond donors (Lipinski definition) is 0. The highest BCUT2D eigenvalue weighted by Gasteiger charge is 2.19. The molecule has 384 valence electrons. The lowest BCUT2D eigenvalue weighted by Crippen LogP contribution is -2.30. The van der Waals surface area contributed by atoms with E-state index in [1.54, 1.807) is 0 Å². The quantitative estimate of drug-likeness (QED) is 0.0199. The summed E-state index contributed by atoms with van der Waals surface area (Å²) in [5.74, 6) is -0.974. The Bertz CT molecular complexity index is 1450. The predicted molar refractivity (Wildman–Crippen MR) is 293 cm³/mol. The molecule has 0 aliphatic carbocycles. The van der Waals surface area contributed by atoms with Crippen molar-refractivity contribution in [1.29, 1.82) is 0 Å². The summed E-state index contributed by atoms with van der Waals surface area (Å²) >= 11 is 0. The number of esters is 3. The SMILES string of the molecule is CCC\C=C/C=C\C=C/C=C\C=C/CCCCCCCC(=O)OCC(COC(=O)CCCCC/C=C\CCCCCCCCC)OC(=O)CCCCCCC\C=C/C=C\C=C/C=C\CCCCC. The van der Waals surface area contributed by atoms with Gasteiger partial charge in [-0.15, -0.1) is 0 Å². The molecule has 0 fully saturated rings. The van der Waals surface area contributed by atoms with Gasteiger partial charge >= 0.3 is 17.9 Å². The molecule has 0 amide bonds. The van der Waals surface area contributed by atoms with E-state index < -0.39 is 6.10 Å². The van der Waals surface area contributed by atoms with Gasteiger partial charge in [-0.05, 0) is 89.9 Å². The smallest absolute Gasteiger partial charge is 0.306 e. The zero-order valence-electron chi connectivity index (χ0n) is 43.8. The van der Waals surface area contributed by atoms with E-state index in [-0.39, 0.29) is 37.5 Å². The highest BCUT2D eigenvalue weighted by Crippen LogP contribution is 2.13. The van der Waals surface area contributed by atoms with Crippen molar-refractivity contribution >= 4 is 17.9 Å². The van der Waals surface area contributed by atoms with E-state index in [0.717, 1.165) is 122 Å². The zero-order valence-corrected chi connectivity index (χ0v) is 43.8. The van der Waals surface area contributed by atoms with Crippen LogP contribution in [0.3, 0.4) is 0 Å². The van der Waals surface area contributed by atoms with Gasteiger partial charge in [0.1, 0.15) is 13.2 Å². The summed E-state index contributed by atoms with van der Waals surface area (Å²) in [6.07, 6.45) is 76.0. The standard InChI is InChI=1S/C62H100O6/c1-4-7-10-13-16-19-22-25-28-30-32-34-37-40-43-46-49-52-55-61(64)67-58-59(57-66-60(63)54-51-48-45-42-39-36-27-24-21-18-15-12-9-6-3)68-62(65)56-53-50-47-44-41-38-35-33-31-29-26-23-20-17-14-11-8-5-2/h10,13,16-17,19-20,22-23,25-26,28-36,39,59H,4-9,11-12,14-15,18,21,24,27,37-38,40-58H2,1-3H3/b13-10-,19-16-,20-17-,25-22-,26-23-,30-28-,31-29-,34-32-,35-33-,39-36-. The fourth-order valence-electron chi connectivity index (χ4n) is 7.18. The summed E-state index contributed by atoms with van der Waals surface area (Å²) in [5, 5.41) is 0. The van der Waals surface area contributed by atoms with Crippen LogP contribution >= 0.6 is 0 Å². The molecule has 6 heteroatoms. The highest BCUT2D eigenvalue weighted by atomic mass is 16.6. The Morgan fingerprint density at radius 3 is 0.971 bits per heavy atom. The van der Waals surface area contributed by atoms with Crippen molar-refractivity contribution in [3.05, 3.63) is 122 Å². The first-order chi connectivity index (χ1) is 33.5. The van der Waals surface area contributed by atoms with Crippen molar-refractivity contribution in [1.82, 2.24) is 0 Å². The van der Waals surface area contributed by atoms with E-state index in [0.29, 0.717) is 12.8 Å². The average molecular weight is 941 g/mol. The molecule has 0 aliphatic rings. The molecule has 0 aromatic carbocycles. The predicted octanol–water partition coefficient (Wildman–Crippen LogP) is 18.5. The lowest BCUT2D eigenvalue weighted by Gasteiger charge is -2.18. The molecule has 0 saturated carbocycles. The monoisotopic (exact) mass is 941 g/mol. The van der Waals surface area contributed by atoms with Crippen molar-refractivity contribution in [2.75, 3.05) is 13.2 Å². The molecule has 0 aromatic rings. The van der Waals surface area contributed by atoms with E-state index in [4.69, 9.17) is 14.2 Å². The molecule has 0 bridgehead atoms. The van der Waals surface area contributed by atoms with Crippen molar-refractivity contribution in [2.45, 2.75) is 239 Å². The first-order valence-corrected chi connectivity index (χ1v) is 27.7. The molecule has 0 saturated heterocycles. The highest BCUT2D eigenvalue weighted by molar-refractivity contribution is 5.71. The van der Waals surface area contributed by atoms with Gasteiger partial charge in [0.05, 0.1) is 0 Å². The third kappa shape index (κ3) is 52.8.